The number of benzene rings is 1. The maximum absolute atomic E-state index is 5.42. The first kappa shape index (κ1) is 13.9. The average Bonchev–Trinajstić information content (AvgIpc) is 2.29. The van der Waals surface area contributed by atoms with Crippen LogP contribution >= 0.6 is 13.6 Å². The number of halogens is 1. The standard InChI is InChI=1S/C10H13O2.BrH.Zn/c1-3-8-12-10-7-5-4-6-9(10)11-2;;/h4,6-7H,3,8H2,1-2H3;1H;/q-1;;+2/p-1. The fourth-order valence-electron chi connectivity index (χ4n) is 0.894. The number of ether oxygens (including phenoxy) is 2. The van der Waals surface area contributed by atoms with Crippen molar-refractivity contribution in [1.29, 1.82) is 0 Å². The van der Waals surface area contributed by atoms with E-state index >= 15 is 0 Å². The number of rotatable bonds is 4. The number of hydrogen-bond donors (Lipinski definition) is 0. The summed E-state index contributed by atoms with van der Waals surface area (Å²) in [7, 11) is 1.63. The predicted molar refractivity (Wildman–Crippen MR) is 56.5 cm³/mol. The van der Waals surface area contributed by atoms with Gasteiger partial charge in [0, 0.05) is 5.75 Å². The second-order valence-electron chi connectivity index (χ2n) is 2.43. The fourth-order valence-corrected chi connectivity index (χ4v) is 0.894. The predicted octanol–water partition coefficient (Wildman–Crippen LogP) is 3.13. The van der Waals surface area contributed by atoms with Gasteiger partial charge in [0.2, 0.25) is 0 Å². The van der Waals surface area contributed by atoms with Gasteiger partial charge in [-0.25, -0.2) is 0 Å². The monoisotopic (exact) mass is 308 g/mol. The molecular formula is C10H13BrO2Zn. The molecule has 0 unspecified atom stereocenters. The first-order valence-corrected chi connectivity index (χ1v) is 11.3. The Balaban J connectivity index is 0.000000791. The number of methoxy groups -OCH3 is 1. The molecule has 74 valence electrons. The molecule has 0 aromatic heterocycles. The Morgan fingerprint density at radius 2 is 2.14 bits per heavy atom. The second kappa shape index (κ2) is 9.48. The molecule has 0 aliphatic rings. The topological polar surface area (TPSA) is 18.5 Å². The molecule has 0 atom stereocenters. The first-order valence-electron chi connectivity index (χ1n) is 4.32. The molecular weight excluding hydrogens is 297 g/mol. The summed E-state index contributed by atoms with van der Waals surface area (Å²) in [5.41, 5.74) is 0. The Bertz CT molecular complexity index is 243. The van der Waals surface area contributed by atoms with E-state index in [1.165, 1.54) is 16.3 Å². The van der Waals surface area contributed by atoms with E-state index in [1.807, 2.05) is 6.07 Å². The molecule has 0 aliphatic carbocycles. The molecule has 1 aromatic carbocycles. The Morgan fingerprint density at radius 3 is 2.71 bits per heavy atom. The van der Waals surface area contributed by atoms with Gasteiger partial charge in [-0.3, -0.25) is 0 Å². The molecule has 0 radical (unpaired) electrons. The van der Waals surface area contributed by atoms with Gasteiger partial charge >= 0.3 is 30.0 Å². The zero-order valence-corrected chi connectivity index (χ0v) is 13.1. The molecule has 0 fully saturated rings. The zero-order chi connectivity index (χ0) is 10.8. The third kappa shape index (κ3) is 4.97. The molecule has 0 spiro atoms. The van der Waals surface area contributed by atoms with Crippen molar-refractivity contribution in [2.45, 2.75) is 13.3 Å². The summed E-state index contributed by atoms with van der Waals surface area (Å²) in [6, 6.07) is 8.37. The van der Waals surface area contributed by atoms with Gasteiger partial charge < -0.3 is 9.47 Å². The van der Waals surface area contributed by atoms with Crippen LogP contribution in [0.4, 0.5) is 0 Å². The van der Waals surface area contributed by atoms with Crippen LogP contribution in [-0.4, -0.2) is 13.7 Å². The molecule has 1 aromatic rings. The average molecular weight is 311 g/mol. The van der Waals surface area contributed by atoms with E-state index in [1.54, 1.807) is 19.2 Å². The van der Waals surface area contributed by atoms with Crippen LogP contribution in [0.5, 0.6) is 11.5 Å². The molecule has 0 bridgehead atoms. The SMILES string of the molecule is CCCOc1c[c-]ccc1OC.[Zn+][Br]. The molecule has 1 rings (SSSR count). The molecule has 2 nitrogen and oxygen atoms in total. The van der Waals surface area contributed by atoms with Crippen LogP contribution in [0.1, 0.15) is 13.3 Å². The van der Waals surface area contributed by atoms with Gasteiger partial charge in [0.15, 0.2) is 0 Å². The van der Waals surface area contributed by atoms with Crippen LogP contribution in [0.2, 0.25) is 0 Å². The van der Waals surface area contributed by atoms with Crippen molar-refractivity contribution in [2.75, 3.05) is 13.7 Å². The first-order chi connectivity index (χ1) is 6.88. The van der Waals surface area contributed by atoms with Crippen LogP contribution in [0.15, 0.2) is 18.2 Å². The quantitative estimate of drug-likeness (QED) is 0.628. The summed E-state index contributed by atoms with van der Waals surface area (Å²) in [6.07, 6.45) is 0.998. The van der Waals surface area contributed by atoms with Gasteiger partial charge in [0.05, 0.1) is 19.5 Å². The van der Waals surface area contributed by atoms with Crippen LogP contribution in [0, 0.1) is 6.07 Å². The Hall–Kier alpha value is -0.0766. The Kier molecular flexibility index (Phi) is 9.43. The van der Waals surface area contributed by atoms with E-state index in [0.29, 0.717) is 6.61 Å². The molecule has 0 N–H and O–H groups in total. The maximum atomic E-state index is 5.42. The summed E-state index contributed by atoms with van der Waals surface area (Å²) < 4.78 is 10.5. The van der Waals surface area contributed by atoms with Crippen molar-refractivity contribution >= 4 is 13.6 Å². The van der Waals surface area contributed by atoms with E-state index in [9.17, 15) is 0 Å². The zero-order valence-electron chi connectivity index (χ0n) is 8.55. The van der Waals surface area contributed by atoms with Crippen molar-refractivity contribution in [1.82, 2.24) is 0 Å². The van der Waals surface area contributed by atoms with Gasteiger partial charge in [0.25, 0.3) is 0 Å². The van der Waals surface area contributed by atoms with Crippen LogP contribution < -0.4 is 9.47 Å². The third-order valence-electron chi connectivity index (χ3n) is 1.47. The minimum absolute atomic E-state index is 0.716. The summed E-state index contributed by atoms with van der Waals surface area (Å²) in [5, 5.41) is 0. The van der Waals surface area contributed by atoms with E-state index < -0.39 is 0 Å². The Morgan fingerprint density at radius 1 is 1.43 bits per heavy atom. The van der Waals surface area contributed by atoms with Crippen molar-refractivity contribution in [3.05, 3.63) is 24.3 Å². The summed E-state index contributed by atoms with van der Waals surface area (Å²) in [6.45, 7) is 2.79. The van der Waals surface area contributed by atoms with Gasteiger partial charge in [-0.15, -0.1) is 12.1 Å². The molecule has 14 heavy (non-hydrogen) atoms. The van der Waals surface area contributed by atoms with Crippen molar-refractivity contribution in [2.24, 2.45) is 0 Å². The molecule has 0 saturated carbocycles. The van der Waals surface area contributed by atoms with Gasteiger partial charge in [-0.05, 0) is 6.42 Å². The van der Waals surface area contributed by atoms with E-state index in [2.05, 4.69) is 26.6 Å². The van der Waals surface area contributed by atoms with Gasteiger partial charge in [-0.1, -0.05) is 6.92 Å². The summed E-state index contributed by atoms with van der Waals surface area (Å²) in [4.78, 5) is 0. The molecule has 0 amide bonds. The fraction of sp³-hybridized carbons (Fsp3) is 0.400. The minimum atomic E-state index is 0.716. The summed E-state index contributed by atoms with van der Waals surface area (Å²) in [5.74, 6) is 1.53. The molecule has 0 heterocycles. The summed E-state index contributed by atoms with van der Waals surface area (Å²) >= 11 is 4.25. The third-order valence-corrected chi connectivity index (χ3v) is 1.47. The van der Waals surface area contributed by atoms with E-state index in [0.717, 1.165) is 17.9 Å². The molecule has 4 heteroatoms. The van der Waals surface area contributed by atoms with Crippen molar-refractivity contribution in [3.8, 4) is 11.5 Å². The molecule has 0 saturated heterocycles. The van der Waals surface area contributed by atoms with Crippen molar-refractivity contribution < 1.29 is 25.8 Å². The van der Waals surface area contributed by atoms with Crippen LogP contribution in [-0.2, 0) is 16.3 Å². The van der Waals surface area contributed by atoms with E-state index in [4.69, 9.17) is 9.47 Å². The van der Waals surface area contributed by atoms with Crippen LogP contribution in [0.25, 0.3) is 0 Å². The number of hydrogen-bond acceptors (Lipinski definition) is 2. The van der Waals surface area contributed by atoms with Crippen molar-refractivity contribution in [3.63, 3.8) is 0 Å². The Labute approximate surface area is 102 Å². The van der Waals surface area contributed by atoms with E-state index in [-0.39, 0.29) is 0 Å². The second-order valence-corrected chi connectivity index (χ2v) is 2.43. The van der Waals surface area contributed by atoms with Gasteiger partial charge in [0.1, 0.15) is 0 Å². The van der Waals surface area contributed by atoms with Gasteiger partial charge in [-0.2, -0.15) is 12.1 Å². The van der Waals surface area contributed by atoms with Crippen LogP contribution in [0.3, 0.4) is 0 Å². The normalized spacial score (nSPS) is 8.64. The molecule has 0 aliphatic heterocycles.